The van der Waals surface area contributed by atoms with Gasteiger partial charge in [0.1, 0.15) is 11.6 Å². The summed E-state index contributed by atoms with van der Waals surface area (Å²) in [5.74, 6) is -0.534. The minimum atomic E-state index is -0.484. The third-order valence-electron chi connectivity index (χ3n) is 4.44. The second kappa shape index (κ2) is 8.94. The van der Waals surface area contributed by atoms with Gasteiger partial charge in [-0.2, -0.15) is 0 Å². The molecular weight excluding hydrogens is 369 g/mol. The summed E-state index contributed by atoms with van der Waals surface area (Å²) < 4.78 is 18.8. The van der Waals surface area contributed by atoms with Crippen molar-refractivity contribution >= 4 is 23.5 Å². The lowest BCUT2D eigenvalue weighted by Gasteiger charge is -2.32. The van der Waals surface area contributed by atoms with E-state index in [1.165, 1.54) is 37.1 Å². The summed E-state index contributed by atoms with van der Waals surface area (Å²) in [6.45, 7) is 0.937. The van der Waals surface area contributed by atoms with Crippen LogP contribution in [0.3, 0.4) is 0 Å². The third-order valence-corrected chi connectivity index (χ3v) is 5.30. The molecule has 1 atom stereocenters. The van der Waals surface area contributed by atoms with Crippen LogP contribution in [-0.4, -0.2) is 52.5 Å². The zero-order chi connectivity index (χ0) is 19.2. The average molecular weight is 389 g/mol. The molecule has 0 bridgehead atoms. The summed E-state index contributed by atoms with van der Waals surface area (Å²) >= 11 is 1.27. The van der Waals surface area contributed by atoms with Crippen molar-refractivity contribution in [2.24, 2.45) is 5.92 Å². The Morgan fingerprint density at radius 1 is 1.33 bits per heavy atom. The van der Waals surface area contributed by atoms with Gasteiger partial charge >= 0.3 is 0 Å². The van der Waals surface area contributed by atoms with Gasteiger partial charge < -0.3 is 9.64 Å². The number of hydrogen-bond donors (Lipinski definition) is 0. The number of aromatic nitrogens is 2. The molecular formula is C19H20FN3O3S. The number of nitrogens with zero attached hydrogens (tertiary/aromatic N) is 3. The maximum Gasteiger partial charge on any atom is 0.233 e. The first-order chi connectivity index (χ1) is 13.1. The van der Waals surface area contributed by atoms with Crippen molar-refractivity contribution in [3.05, 3.63) is 48.0 Å². The number of amides is 1. The van der Waals surface area contributed by atoms with E-state index in [1.54, 1.807) is 23.4 Å². The van der Waals surface area contributed by atoms with Crippen LogP contribution < -0.4 is 4.74 Å². The number of Topliss-reactive ketones (excluding diaryl/α,β-unsaturated/α-hetero) is 1. The first kappa shape index (κ1) is 19.3. The van der Waals surface area contributed by atoms with Crippen LogP contribution >= 0.6 is 11.8 Å². The van der Waals surface area contributed by atoms with E-state index in [2.05, 4.69) is 9.97 Å². The lowest BCUT2D eigenvalue weighted by molar-refractivity contribution is -0.129. The molecule has 0 N–H and O–H groups in total. The largest absolute Gasteiger partial charge is 0.496 e. The molecule has 0 saturated carbocycles. The Morgan fingerprint density at radius 3 is 2.85 bits per heavy atom. The van der Waals surface area contributed by atoms with Gasteiger partial charge in [0.2, 0.25) is 5.91 Å². The van der Waals surface area contributed by atoms with Crippen molar-refractivity contribution < 1.29 is 18.7 Å². The Kier molecular flexibility index (Phi) is 6.39. The van der Waals surface area contributed by atoms with Crippen LogP contribution in [0.2, 0.25) is 0 Å². The van der Waals surface area contributed by atoms with Crippen LogP contribution in [0.1, 0.15) is 23.2 Å². The minimum absolute atomic E-state index is 0.0591. The van der Waals surface area contributed by atoms with E-state index >= 15 is 0 Å². The summed E-state index contributed by atoms with van der Waals surface area (Å²) in [6.07, 6.45) is 4.65. The number of rotatable bonds is 6. The molecule has 3 rings (SSSR count). The lowest BCUT2D eigenvalue weighted by atomic mass is 9.89. The van der Waals surface area contributed by atoms with Gasteiger partial charge in [-0.3, -0.25) is 9.59 Å². The SMILES string of the molecule is COc1ccc(F)cc1C(=O)C1CCCN(C(=O)CSc2ncccn2)C1. The number of benzene rings is 1. The highest BCUT2D eigenvalue weighted by atomic mass is 32.2. The van der Waals surface area contributed by atoms with Crippen LogP contribution in [-0.2, 0) is 4.79 Å². The van der Waals surface area contributed by atoms with Crippen LogP contribution in [0.15, 0.2) is 41.8 Å². The standard InChI is InChI=1S/C19H20FN3O3S/c1-26-16-6-5-14(20)10-15(16)18(25)13-4-2-9-23(11-13)17(24)12-27-19-21-7-3-8-22-19/h3,5-8,10,13H,2,4,9,11-12H2,1H3. The van der Waals surface area contributed by atoms with Crippen molar-refractivity contribution in [3.63, 3.8) is 0 Å². The van der Waals surface area contributed by atoms with Crippen LogP contribution in [0.25, 0.3) is 0 Å². The van der Waals surface area contributed by atoms with Gasteiger partial charge in [-0.1, -0.05) is 11.8 Å². The Balaban J connectivity index is 1.64. The predicted molar refractivity (Wildman–Crippen MR) is 99.3 cm³/mol. The van der Waals surface area contributed by atoms with Crippen LogP contribution in [0, 0.1) is 11.7 Å². The molecule has 6 nitrogen and oxygen atoms in total. The molecule has 1 aromatic carbocycles. The molecule has 1 fully saturated rings. The third kappa shape index (κ3) is 4.82. The van der Waals surface area contributed by atoms with Crippen molar-refractivity contribution in [2.75, 3.05) is 26.0 Å². The molecule has 0 radical (unpaired) electrons. The summed E-state index contributed by atoms with van der Waals surface area (Å²) in [7, 11) is 1.45. The number of carbonyl (C=O) groups excluding carboxylic acids is 2. The van der Waals surface area contributed by atoms with Crippen LogP contribution in [0.5, 0.6) is 5.75 Å². The van der Waals surface area contributed by atoms with Crippen molar-refractivity contribution in [3.8, 4) is 5.75 Å². The van der Waals surface area contributed by atoms with E-state index in [0.29, 0.717) is 30.4 Å². The molecule has 0 spiro atoms. The second-order valence-electron chi connectivity index (χ2n) is 6.21. The highest BCUT2D eigenvalue weighted by Crippen LogP contribution is 2.27. The Labute approximate surface area is 161 Å². The first-order valence-corrected chi connectivity index (χ1v) is 9.62. The van der Waals surface area contributed by atoms with Crippen molar-refractivity contribution in [2.45, 2.75) is 18.0 Å². The van der Waals surface area contributed by atoms with E-state index in [0.717, 1.165) is 6.42 Å². The fourth-order valence-corrected chi connectivity index (χ4v) is 3.79. The molecule has 1 unspecified atom stereocenters. The smallest absolute Gasteiger partial charge is 0.233 e. The molecule has 27 heavy (non-hydrogen) atoms. The van der Waals surface area contributed by atoms with Crippen molar-refractivity contribution in [1.82, 2.24) is 14.9 Å². The van der Waals surface area contributed by atoms with Gasteiger partial charge in [0.15, 0.2) is 10.9 Å². The molecule has 2 heterocycles. The molecule has 142 valence electrons. The second-order valence-corrected chi connectivity index (χ2v) is 7.15. The predicted octanol–water partition coefficient (Wildman–Crippen LogP) is 2.84. The number of carbonyl (C=O) groups is 2. The quantitative estimate of drug-likeness (QED) is 0.430. The van der Waals surface area contributed by atoms with E-state index in [9.17, 15) is 14.0 Å². The van der Waals surface area contributed by atoms with Gasteiger partial charge in [-0.25, -0.2) is 14.4 Å². The fourth-order valence-electron chi connectivity index (χ4n) is 3.09. The molecule has 1 aliphatic rings. The number of hydrogen-bond acceptors (Lipinski definition) is 6. The topological polar surface area (TPSA) is 72.4 Å². The Morgan fingerprint density at radius 2 is 2.11 bits per heavy atom. The first-order valence-electron chi connectivity index (χ1n) is 8.64. The molecule has 1 aromatic heterocycles. The minimum Gasteiger partial charge on any atom is -0.496 e. The van der Waals surface area contributed by atoms with Gasteiger partial charge in [-0.05, 0) is 37.1 Å². The van der Waals surface area contributed by atoms with Crippen molar-refractivity contribution in [1.29, 1.82) is 0 Å². The van der Waals surface area contributed by atoms with Gasteiger partial charge in [0, 0.05) is 31.4 Å². The summed E-state index contributed by atoms with van der Waals surface area (Å²) in [4.78, 5) is 35.2. The Bertz CT molecular complexity index is 819. The number of piperidine rings is 1. The maximum absolute atomic E-state index is 13.6. The monoisotopic (exact) mass is 389 g/mol. The van der Waals surface area contributed by atoms with Crippen LogP contribution in [0.4, 0.5) is 4.39 Å². The highest BCUT2D eigenvalue weighted by Gasteiger charge is 2.30. The molecule has 1 saturated heterocycles. The van der Waals surface area contributed by atoms with E-state index in [1.807, 2.05) is 0 Å². The Hall–Kier alpha value is -2.48. The molecule has 8 heteroatoms. The normalized spacial score (nSPS) is 16.8. The number of halogens is 1. The van der Waals surface area contributed by atoms with Gasteiger partial charge in [0.05, 0.1) is 18.4 Å². The summed E-state index contributed by atoms with van der Waals surface area (Å²) in [5.41, 5.74) is 0.226. The van der Waals surface area contributed by atoms with E-state index < -0.39 is 5.82 Å². The van der Waals surface area contributed by atoms with E-state index in [-0.39, 0.29) is 28.9 Å². The zero-order valence-electron chi connectivity index (χ0n) is 14.9. The van der Waals surface area contributed by atoms with Gasteiger partial charge in [-0.15, -0.1) is 0 Å². The molecule has 1 aliphatic heterocycles. The number of ether oxygens (including phenoxy) is 1. The van der Waals surface area contributed by atoms with E-state index in [4.69, 9.17) is 4.74 Å². The average Bonchev–Trinajstić information content (AvgIpc) is 2.72. The zero-order valence-corrected chi connectivity index (χ0v) is 15.7. The number of methoxy groups -OCH3 is 1. The summed E-state index contributed by atoms with van der Waals surface area (Å²) in [5, 5.41) is 0.542. The van der Waals surface area contributed by atoms with Gasteiger partial charge in [0.25, 0.3) is 0 Å². The highest BCUT2D eigenvalue weighted by molar-refractivity contribution is 7.99. The number of thioether (sulfide) groups is 1. The molecule has 2 aromatic rings. The number of ketones is 1. The molecule has 0 aliphatic carbocycles. The number of likely N-dealkylation sites (tertiary alicyclic amines) is 1. The lowest BCUT2D eigenvalue weighted by Crippen LogP contribution is -2.43. The fraction of sp³-hybridized carbons (Fsp3) is 0.368. The molecule has 1 amide bonds. The maximum atomic E-state index is 13.6. The summed E-state index contributed by atoms with van der Waals surface area (Å²) in [6, 6.07) is 5.62.